The summed E-state index contributed by atoms with van der Waals surface area (Å²) in [6.07, 6.45) is 0.437. The van der Waals surface area contributed by atoms with Crippen LogP contribution in [0.25, 0.3) is 10.8 Å². The van der Waals surface area contributed by atoms with Gasteiger partial charge in [0.1, 0.15) is 11.5 Å². The third kappa shape index (κ3) is 4.27. The highest BCUT2D eigenvalue weighted by molar-refractivity contribution is 6.10. The van der Waals surface area contributed by atoms with E-state index in [1.165, 1.54) is 0 Å². The molecule has 0 N–H and O–H groups in total. The van der Waals surface area contributed by atoms with E-state index in [1.54, 1.807) is 25.2 Å². The van der Waals surface area contributed by atoms with Gasteiger partial charge in [-0.2, -0.15) is 0 Å². The molecule has 4 heteroatoms. The molecule has 0 aliphatic heterocycles. The molecular formula is C24H23NO3. The second-order valence-corrected chi connectivity index (χ2v) is 6.25. The van der Waals surface area contributed by atoms with Crippen LogP contribution in [0.4, 0.5) is 5.69 Å². The summed E-state index contributed by atoms with van der Waals surface area (Å²) in [5.41, 5.74) is 1.81. The Balaban J connectivity index is 1.82. The van der Waals surface area contributed by atoms with Crippen molar-refractivity contribution in [2.75, 3.05) is 25.7 Å². The number of anilines is 1. The van der Waals surface area contributed by atoms with Crippen LogP contribution in [0.5, 0.6) is 11.5 Å². The zero-order chi connectivity index (χ0) is 19.9. The molecule has 4 nitrogen and oxygen atoms in total. The van der Waals surface area contributed by atoms with Gasteiger partial charge >= 0.3 is 5.91 Å². The summed E-state index contributed by atoms with van der Waals surface area (Å²) in [5.74, 6) is 6.95. The van der Waals surface area contributed by atoms with Crippen LogP contribution in [-0.2, 0) is 11.2 Å². The molecule has 3 rings (SSSR count). The van der Waals surface area contributed by atoms with Gasteiger partial charge in [-0.3, -0.25) is 4.79 Å². The molecule has 0 spiro atoms. The summed E-state index contributed by atoms with van der Waals surface area (Å²) in [6, 6.07) is 19.6. The van der Waals surface area contributed by atoms with Crippen LogP contribution < -0.4 is 14.4 Å². The van der Waals surface area contributed by atoms with Gasteiger partial charge in [-0.1, -0.05) is 42.3 Å². The summed E-state index contributed by atoms with van der Waals surface area (Å²) in [4.78, 5) is 14.5. The largest absolute Gasteiger partial charge is 0.497 e. The zero-order valence-corrected chi connectivity index (χ0v) is 16.4. The molecule has 0 unspecified atom stereocenters. The van der Waals surface area contributed by atoms with E-state index in [1.807, 2.05) is 61.5 Å². The molecule has 1 amide bonds. The topological polar surface area (TPSA) is 38.8 Å². The van der Waals surface area contributed by atoms with Crippen molar-refractivity contribution < 1.29 is 14.3 Å². The number of nitrogens with zero attached hydrogens (tertiary/aromatic N) is 1. The highest BCUT2D eigenvalue weighted by Crippen LogP contribution is 2.26. The van der Waals surface area contributed by atoms with Crippen molar-refractivity contribution in [3.63, 3.8) is 0 Å². The molecule has 0 heterocycles. The summed E-state index contributed by atoms with van der Waals surface area (Å²) in [7, 11) is 3.22. The van der Waals surface area contributed by atoms with E-state index in [2.05, 4.69) is 11.8 Å². The zero-order valence-electron chi connectivity index (χ0n) is 16.4. The first kappa shape index (κ1) is 19.3. The van der Waals surface area contributed by atoms with Crippen LogP contribution in [0.15, 0.2) is 60.7 Å². The number of ether oxygens (including phenoxy) is 2. The molecule has 0 aliphatic carbocycles. The predicted octanol–water partition coefficient (Wildman–Crippen LogP) is 4.46. The SMILES string of the molecule is CCN(C(=O)C#CCc1cc(OC)cc(OC)c1)c1cccc2ccccc12. The van der Waals surface area contributed by atoms with Crippen molar-refractivity contribution in [3.8, 4) is 23.3 Å². The number of fused-ring (bicyclic) bond motifs is 1. The highest BCUT2D eigenvalue weighted by Gasteiger charge is 2.14. The minimum Gasteiger partial charge on any atom is -0.497 e. The van der Waals surface area contributed by atoms with Gasteiger partial charge < -0.3 is 14.4 Å². The van der Waals surface area contributed by atoms with Gasteiger partial charge in [0.2, 0.25) is 0 Å². The molecule has 0 saturated heterocycles. The van der Waals surface area contributed by atoms with Crippen LogP contribution in [0.1, 0.15) is 12.5 Å². The van der Waals surface area contributed by atoms with Crippen molar-refractivity contribution in [1.29, 1.82) is 0 Å². The minimum atomic E-state index is -0.214. The predicted molar refractivity (Wildman–Crippen MR) is 113 cm³/mol. The van der Waals surface area contributed by atoms with Crippen molar-refractivity contribution in [2.45, 2.75) is 13.3 Å². The first-order valence-corrected chi connectivity index (χ1v) is 9.16. The molecule has 3 aromatic rings. The number of rotatable bonds is 5. The van der Waals surface area contributed by atoms with E-state index in [0.29, 0.717) is 24.5 Å². The number of methoxy groups -OCH3 is 2. The maximum absolute atomic E-state index is 12.8. The minimum absolute atomic E-state index is 0.214. The fourth-order valence-corrected chi connectivity index (χ4v) is 3.12. The van der Waals surface area contributed by atoms with Gasteiger partial charge in [-0.25, -0.2) is 0 Å². The normalized spacial score (nSPS) is 10.1. The van der Waals surface area contributed by atoms with Gasteiger partial charge in [0.05, 0.1) is 19.9 Å². The van der Waals surface area contributed by atoms with Gasteiger partial charge in [-0.15, -0.1) is 0 Å². The van der Waals surface area contributed by atoms with Crippen LogP contribution in [0.3, 0.4) is 0 Å². The van der Waals surface area contributed by atoms with E-state index in [0.717, 1.165) is 22.0 Å². The Kier molecular flexibility index (Phi) is 6.18. The molecule has 28 heavy (non-hydrogen) atoms. The van der Waals surface area contributed by atoms with E-state index in [9.17, 15) is 4.79 Å². The Morgan fingerprint density at radius 3 is 2.32 bits per heavy atom. The molecule has 0 fully saturated rings. The number of carbonyl (C=O) groups is 1. The van der Waals surface area contributed by atoms with Crippen molar-refractivity contribution in [1.82, 2.24) is 0 Å². The van der Waals surface area contributed by atoms with Crippen LogP contribution >= 0.6 is 0 Å². The van der Waals surface area contributed by atoms with Crippen molar-refractivity contribution in [2.24, 2.45) is 0 Å². The van der Waals surface area contributed by atoms with Crippen molar-refractivity contribution in [3.05, 3.63) is 66.2 Å². The molecular weight excluding hydrogens is 350 g/mol. The molecule has 0 atom stereocenters. The van der Waals surface area contributed by atoms with Crippen LogP contribution in [0.2, 0.25) is 0 Å². The third-order valence-corrected chi connectivity index (χ3v) is 4.52. The molecule has 0 aromatic heterocycles. The average Bonchev–Trinajstić information content (AvgIpc) is 2.74. The molecule has 3 aromatic carbocycles. The monoisotopic (exact) mass is 373 g/mol. The van der Waals surface area contributed by atoms with Crippen molar-refractivity contribution >= 4 is 22.4 Å². The Morgan fingerprint density at radius 2 is 1.64 bits per heavy atom. The molecule has 0 radical (unpaired) electrons. The second-order valence-electron chi connectivity index (χ2n) is 6.25. The van der Waals surface area contributed by atoms with E-state index in [4.69, 9.17) is 9.47 Å². The second kappa shape index (κ2) is 8.96. The number of hydrogen-bond donors (Lipinski definition) is 0. The Morgan fingerprint density at radius 1 is 0.964 bits per heavy atom. The lowest BCUT2D eigenvalue weighted by Crippen LogP contribution is -2.29. The van der Waals surface area contributed by atoms with Gasteiger partial charge in [0, 0.05) is 24.4 Å². The van der Waals surface area contributed by atoms with Gasteiger partial charge in [0.25, 0.3) is 0 Å². The van der Waals surface area contributed by atoms with E-state index >= 15 is 0 Å². The van der Waals surface area contributed by atoms with Gasteiger partial charge in [0.15, 0.2) is 0 Å². The van der Waals surface area contributed by atoms with Gasteiger partial charge in [-0.05, 0) is 42.0 Å². The van der Waals surface area contributed by atoms with E-state index in [-0.39, 0.29) is 5.91 Å². The molecule has 142 valence electrons. The standard InChI is InChI=1S/C24H23NO3/c1-4-25(23-13-8-11-19-10-5-6-12-22(19)23)24(26)14-7-9-18-15-20(27-2)17-21(16-18)28-3/h5-6,8,10-13,15-17H,4,9H2,1-3H3. The molecule has 0 bridgehead atoms. The quantitative estimate of drug-likeness (QED) is 0.620. The number of hydrogen-bond acceptors (Lipinski definition) is 3. The summed E-state index contributed by atoms with van der Waals surface area (Å²) in [5, 5.41) is 2.14. The lowest BCUT2D eigenvalue weighted by molar-refractivity contribution is -0.113. The Labute approximate surface area is 165 Å². The van der Waals surface area contributed by atoms with Crippen LogP contribution in [-0.4, -0.2) is 26.7 Å². The fourth-order valence-electron chi connectivity index (χ4n) is 3.12. The average molecular weight is 373 g/mol. The first-order chi connectivity index (χ1) is 13.7. The number of benzene rings is 3. The smallest absolute Gasteiger partial charge is 0.302 e. The Bertz CT molecular complexity index is 1020. The fraction of sp³-hybridized carbons (Fsp3) is 0.208. The third-order valence-electron chi connectivity index (χ3n) is 4.52. The summed E-state index contributed by atoms with van der Waals surface area (Å²) in [6.45, 7) is 2.50. The molecule has 0 saturated carbocycles. The maximum atomic E-state index is 12.8. The first-order valence-electron chi connectivity index (χ1n) is 9.16. The van der Waals surface area contributed by atoms with E-state index < -0.39 is 0 Å². The lowest BCUT2D eigenvalue weighted by Gasteiger charge is -2.20. The summed E-state index contributed by atoms with van der Waals surface area (Å²) >= 11 is 0. The number of carbonyl (C=O) groups excluding carboxylic acids is 1. The highest BCUT2D eigenvalue weighted by atomic mass is 16.5. The summed E-state index contributed by atoms with van der Waals surface area (Å²) < 4.78 is 10.6. The Hall–Kier alpha value is -3.45. The molecule has 0 aliphatic rings. The number of amides is 1. The lowest BCUT2D eigenvalue weighted by atomic mass is 10.1. The van der Waals surface area contributed by atoms with Crippen LogP contribution in [0, 0.1) is 11.8 Å². The maximum Gasteiger partial charge on any atom is 0.302 e.